The van der Waals surface area contributed by atoms with E-state index >= 15 is 14.4 Å². The molecule has 228 valence electrons. The van der Waals surface area contributed by atoms with Gasteiger partial charge in [-0.05, 0) is 69.8 Å². The zero-order valence-electron chi connectivity index (χ0n) is 26.0. The lowest BCUT2D eigenvalue weighted by Gasteiger charge is -2.38. The first-order valence-corrected chi connectivity index (χ1v) is 16.2. The summed E-state index contributed by atoms with van der Waals surface area (Å²) in [4.78, 5) is 47.7. The number of rotatable bonds is 5. The monoisotopic (exact) mass is 613 g/mol. The van der Waals surface area contributed by atoms with Crippen LogP contribution in [0.4, 0.5) is 5.69 Å². The molecule has 1 heterocycles. The van der Waals surface area contributed by atoms with Crippen molar-refractivity contribution in [3.05, 3.63) is 156 Å². The number of amides is 2. The van der Waals surface area contributed by atoms with Gasteiger partial charge in [-0.3, -0.25) is 14.4 Å². The number of benzene rings is 6. The van der Waals surface area contributed by atoms with Gasteiger partial charge in [0.1, 0.15) is 5.75 Å². The number of para-hydroxylation sites is 2. The summed E-state index contributed by atoms with van der Waals surface area (Å²) in [6, 6.07) is 42.8. The molecule has 4 atom stereocenters. The lowest BCUT2D eigenvalue weighted by molar-refractivity contribution is -0.130. The lowest BCUT2D eigenvalue weighted by Crippen LogP contribution is -2.45. The standard InChI is InChI=1S/C42H31NO4/c1-25(2)47-33-24-14-13-23-32(33)43-38(44)36-37(39(43)45)42(27-17-7-4-8-18-27)35-31-22-12-10-20-29(31)28-19-9-11-21-30(28)34(35)41(36,40(42)46)26-15-5-3-6-16-26/h3-25,36-37H,1-2H3/t36-,37+,41+,42-. The molecule has 0 unspecified atom stereocenters. The summed E-state index contributed by atoms with van der Waals surface area (Å²) in [5, 5.41) is 3.89. The Hall–Kier alpha value is -5.55. The number of Topliss-reactive ketones (excluding diaryl/α,β-unsaturated/α-hetero) is 1. The summed E-state index contributed by atoms with van der Waals surface area (Å²) in [7, 11) is 0. The molecule has 0 radical (unpaired) electrons. The Bertz CT molecular complexity index is 2160. The van der Waals surface area contributed by atoms with Crippen LogP contribution < -0.4 is 9.64 Å². The molecule has 6 aromatic rings. The molecule has 9 rings (SSSR count). The minimum absolute atomic E-state index is 0.109. The highest BCUT2D eigenvalue weighted by molar-refractivity contribution is 6.34. The fourth-order valence-electron chi connectivity index (χ4n) is 9.18. The third-order valence-corrected chi connectivity index (χ3v) is 10.6. The Labute approximate surface area is 272 Å². The van der Waals surface area contributed by atoms with Crippen molar-refractivity contribution < 1.29 is 19.1 Å². The van der Waals surface area contributed by atoms with Gasteiger partial charge in [0.25, 0.3) is 0 Å². The molecule has 1 saturated carbocycles. The number of ether oxygens (including phenoxy) is 1. The van der Waals surface area contributed by atoms with Crippen molar-refractivity contribution in [2.75, 3.05) is 4.90 Å². The molecule has 0 aromatic heterocycles. The van der Waals surface area contributed by atoms with Gasteiger partial charge in [0.2, 0.25) is 11.8 Å². The molecule has 2 bridgehead atoms. The normalized spacial score (nSPS) is 24.4. The van der Waals surface area contributed by atoms with Crippen LogP contribution in [0, 0.1) is 11.8 Å². The summed E-state index contributed by atoms with van der Waals surface area (Å²) in [5.74, 6) is -2.33. The van der Waals surface area contributed by atoms with Crippen molar-refractivity contribution in [1.29, 1.82) is 0 Å². The number of imide groups is 1. The number of ketones is 1. The van der Waals surface area contributed by atoms with Gasteiger partial charge in [-0.25, -0.2) is 4.90 Å². The van der Waals surface area contributed by atoms with E-state index < -0.39 is 22.7 Å². The molecule has 1 saturated heterocycles. The van der Waals surface area contributed by atoms with Crippen LogP contribution in [0.3, 0.4) is 0 Å². The van der Waals surface area contributed by atoms with E-state index in [0.29, 0.717) is 11.4 Å². The average Bonchev–Trinajstić information content (AvgIpc) is 3.61. The van der Waals surface area contributed by atoms with E-state index in [1.165, 1.54) is 4.90 Å². The first kappa shape index (κ1) is 27.7. The van der Waals surface area contributed by atoms with Crippen LogP contribution in [0.1, 0.15) is 36.1 Å². The van der Waals surface area contributed by atoms with Crippen molar-refractivity contribution in [2.24, 2.45) is 11.8 Å². The summed E-state index contributed by atoms with van der Waals surface area (Å²) in [6.07, 6.45) is -0.172. The average molecular weight is 614 g/mol. The van der Waals surface area contributed by atoms with E-state index in [1.54, 1.807) is 12.1 Å². The minimum atomic E-state index is -1.41. The van der Waals surface area contributed by atoms with Crippen molar-refractivity contribution >= 4 is 44.8 Å². The molecule has 0 spiro atoms. The van der Waals surface area contributed by atoms with Crippen LogP contribution in [0.5, 0.6) is 5.75 Å². The molecule has 5 heteroatoms. The van der Waals surface area contributed by atoms with Gasteiger partial charge in [-0.1, -0.05) is 121 Å². The first-order chi connectivity index (χ1) is 22.9. The van der Waals surface area contributed by atoms with E-state index in [0.717, 1.165) is 43.8 Å². The maximum absolute atomic E-state index is 16.0. The van der Waals surface area contributed by atoms with Crippen molar-refractivity contribution in [2.45, 2.75) is 30.8 Å². The number of hydrogen-bond acceptors (Lipinski definition) is 4. The highest BCUT2D eigenvalue weighted by Gasteiger charge is 2.82. The largest absolute Gasteiger partial charge is 0.489 e. The number of hydrogen-bond donors (Lipinski definition) is 0. The minimum Gasteiger partial charge on any atom is -0.489 e. The van der Waals surface area contributed by atoms with Crippen molar-refractivity contribution in [3.8, 4) is 5.75 Å². The van der Waals surface area contributed by atoms with Gasteiger partial charge < -0.3 is 4.74 Å². The van der Waals surface area contributed by atoms with Crippen molar-refractivity contribution in [3.63, 3.8) is 0 Å². The maximum Gasteiger partial charge on any atom is 0.239 e. The molecule has 47 heavy (non-hydrogen) atoms. The molecular formula is C42H31NO4. The Balaban J connectivity index is 1.47. The van der Waals surface area contributed by atoms with Crippen LogP contribution in [0.15, 0.2) is 133 Å². The molecule has 0 N–H and O–H groups in total. The van der Waals surface area contributed by atoms with Crippen LogP contribution in [0.25, 0.3) is 21.5 Å². The predicted octanol–water partition coefficient (Wildman–Crippen LogP) is 7.75. The van der Waals surface area contributed by atoms with Crippen LogP contribution >= 0.6 is 0 Å². The molecule has 5 nitrogen and oxygen atoms in total. The Kier molecular flexibility index (Phi) is 5.74. The van der Waals surface area contributed by atoms with E-state index in [9.17, 15) is 0 Å². The second kappa shape index (κ2) is 9.73. The summed E-state index contributed by atoms with van der Waals surface area (Å²) in [6.45, 7) is 3.83. The summed E-state index contributed by atoms with van der Waals surface area (Å²) in [5.41, 5.74) is 0.721. The number of carbonyl (C=O) groups is 3. The zero-order valence-corrected chi connectivity index (χ0v) is 26.0. The second-order valence-electron chi connectivity index (χ2n) is 13.1. The van der Waals surface area contributed by atoms with Gasteiger partial charge in [0.15, 0.2) is 5.78 Å². The Morgan fingerprint density at radius 1 is 0.532 bits per heavy atom. The number of anilines is 1. The number of fused-ring (bicyclic) bond motifs is 13. The predicted molar refractivity (Wildman–Crippen MR) is 183 cm³/mol. The second-order valence-corrected chi connectivity index (χ2v) is 13.1. The number of carbonyl (C=O) groups excluding carboxylic acids is 3. The van der Waals surface area contributed by atoms with Crippen LogP contribution in [-0.4, -0.2) is 23.7 Å². The number of nitrogens with zero attached hydrogens (tertiary/aromatic N) is 1. The fourth-order valence-corrected chi connectivity index (χ4v) is 9.18. The van der Waals surface area contributed by atoms with Crippen molar-refractivity contribution in [1.82, 2.24) is 0 Å². The fraction of sp³-hybridized carbons (Fsp3) is 0.167. The van der Waals surface area contributed by atoms with Gasteiger partial charge >= 0.3 is 0 Å². The van der Waals surface area contributed by atoms with Crippen LogP contribution in [0.2, 0.25) is 0 Å². The van der Waals surface area contributed by atoms with Gasteiger partial charge in [-0.2, -0.15) is 0 Å². The molecule has 2 amide bonds. The lowest BCUT2D eigenvalue weighted by atomic mass is 9.59. The summed E-state index contributed by atoms with van der Waals surface area (Å²) >= 11 is 0. The third kappa shape index (κ3) is 3.26. The van der Waals surface area contributed by atoms with E-state index in [1.807, 2.05) is 111 Å². The highest BCUT2D eigenvalue weighted by Crippen LogP contribution is 2.72. The smallest absolute Gasteiger partial charge is 0.239 e. The molecule has 6 aromatic carbocycles. The quantitative estimate of drug-likeness (QED) is 0.147. The first-order valence-electron chi connectivity index (χ1n) is 16.2. The van der Waals surface area contributed by atoms with E-state index in [2.05, 4.69) is 24.3 Å². The van der Waals surface area contributed by atoms with E-state index in [4.69, 9.17) is 4.74 Å². The molecular weight excluding hydrogens is 582 g/mol. The topological polar surface area (TPSA) is 63.7 Å². The molecule has 2 aliphatic carbocycles. The molecule has 1 aliphatic heterocycles. The van der Waals surface area contributed by atoms with Gasteiger partial charge in [-0.15, -0.1) is 0 Å². The Morgan fingerprint density at radius 3 is 1.40 bits per heavy atom. The molecule has 3 aliphatic rings. The maximum atomic E-state index is 16.0. The summed E-state index contributed by atoms with van der Waals surface area (Å²) < 4.78 is 6.15. The zero-order chi connectivity index (χ0) is 32.1. The van der Waals surface area contributed by atoms with E-state index in [-0.39, 0.29) is 23.7 Å². The SMILES string of the molecule is CC(C)Oc1ccccc1N1C(=O)[C@@H]2[C@H](C1=O)[C@@]1(c3ccccc3)C(=O)[C@]2(c2ccccc2)c2c1c1ccccc1c1ccccc21. The molecule has 2 fully saturated rings. The highest BCUT2D eigenvalue weighted by atomic mass is 16.5. The third-order valence-electron chi connectivity index (χ3n) is 10.6. The van der Waals surface area contributed by atoms with Crippen LogP contribution in [-0.2, 0) is 25.2 Å². The van der Waals surface area contributed by atoms with Gasteiger partial charge in [0.05, 0.1) is 34.5 Å². The Morgan fingerprint density at radius 2 is 0.936 bits per heavy atom. The van der Waals surface area contributed by atoms with Gasteiger partial charge in [0, 0.05) is 0 Å².